The zero-order chi connectivity index (χ0) is 21.6. The number of rotatable bonds is 5. The van der Waals surface area contributed by atoms with Crippen molar-refractivity contribution in [3.63, 3.8) is 0 Å². The van der Waals surface area contributed by atoms with Crippen LogP contribution in [0.4, 0.5) is 14.5 Å². The molecule has 0 bridgehead atoms. The first kappa shape index (κ1) is 24.5. The van der Waals surface area contributed by atoms with E-state index in [2.05, 4.69) is 15.1 Å². The van der Waals surface area contributed by atoms with Crippen molar-refractivity contribution in [3.05, 3.63) is 59.2 Å². The van der Waals surface area contributed by atoms with Crippen LogP contribution in [-0.4, -0.2) is 56.9 Å². The lowest BCUT2D eigenvalue weighted by Crippen LogP contribution is -2.52. The van der Waals surface area contributed by atoms with Crippen LogP contribution in [0.15, 0.2) is 41.4 Å². The number of piperazine rings is 1. The number of hydrogen-bond donors (Lipinski definition) is 1. The summed E-state index contributed by atoms with van der Waals surface area (Å²) in [5.74, 6) is 1.08. The summed E-state index contributed by atoms with van der Waals surface area (Å²) < 4.78 is 38.0. The van der Waals surface area contributed by atoms with Gasteiger partial charge in [-0.25, -0.2) is 8.78 Å². The Morgan fingerprint density at radius 1 is 1.06 bits per heavy atom. The van der Waals surface area contributed by atoms with Gasteiger partial charge in [0, 0.05) is 50.5 Å². The minimum absolute atomic E-state index is 0. The standard InChI is InChI=1S/C23H28F2N4O2.HI/c1-2-26-23(29-11-9-28(10-12-29)21-5-3-19(24)4-6-21)27-8-7-17-13-20(25)14-18-15-30-16-31-22(17)18;/h3-6,13-14H,2,7-12,15-16H2,1H3,(H,26,27);1H. The van der Waals surface area contributed by atoms with Crippen LogP contribution >= 0.6 is 24.0 Å². The van der Waals surface area contributed by atoms with Gasteiger partial charge in [-0.2, -0.15) is 0 Å². The van der Waals surface area contributed by atoms with Crippen LogP contribution in [0.1, 0.15) is 18.1 Å². The van der Waals surface area contributed by atoms with Crippen molar-refractivity contribution < 1.29 is 18.3 Å². The highest BCUT2D eigenvalue weighted by Gasteiger charge is 2.20. The molecule has 4 rings (SSSR count). The van der Waals surface area contributed by atoms with Gasteiger partial charge in [-0.1, -0.05) is 0 Å². The Balaban J connectivity index is 0.00000289. The monoisotopic (exact) mass is 558 g/mol. The molecule has 1 N–H and O–H groups in total. The number of fused-ring (bicyclic) bond motifs is 1. The third kappa shape index (κ3) is 6.00. The molecule has 6 nitrogen and oxygen atoms in total. The van der Waals surface area contributed by atoms with Crippen LogP contribution < -0.4 is 15.0 Å². The summed E-state index contributed by atoms with van der Waals surface area (Å²) in [5, 5.41) is 3.36. The van der Waals surface area contributed by atoms with Gasteiger partial charge in [-0.3, -0.25) is 4.99 Å². The summed E-state index contributed by atoms with van der Waals surface area (Å²) in [6.45, 7) is 7.20. The molecule has 2 heterocycles. The van der Waals surface area contributed by atoms with Gasteiger partial charge in [-0.15, -0.1) is 24.0 Å². The van der Waals surface area contributed by atoms with E-state index in [0.717, 1.165) is 61.2 Å². The highest BCUT2D eigenvalue weighted by molar-refractivity contribution is 14.0. The molecule has 1 saturated heterocycles. The third-order valence-electron chi connectivity index (χ3n) is 5.50. The predicted molar refractivity (Wildman–Crippen MR) is 132 cm³/mol. The maximum absolute atomic E-state index is 14.0. The average molecular weight is 558 g/mol. The molecule has 0 amide bonds. The molecule has 0 aliphatic carbocycles. The highest BCUT2D eigenvalue weighted by atomic mass is 127. The lowest BCUT2D eigenvalue weighted by molar-refractivity contribution is -0.0172. The van der Waals surface area contributed by atoms with Crippen molar-refractivity contribution >= 4 is 35.6 Å². The number of halogens is 3. The number of anilines is 1. The van der Waals surface area contributed by atoms with Crippen molar-refractivity contribution in [1.29, 1.82) is 0 Å². The van der Waals surface area contributed by atoms with Gasteiger partial charge < -0.3 is 24.6 Å². The molecule has 2 aromatic rings. The van der Waals surface area contributed by atoms with Crippen LogP contribution in [0.5, 0.6) is 5.75 Å². The molecule has 32 heavy (non-hydrogen) atoms. The van der Waals surface area contributed by atoms with Gasteiger partial charge in [0.2, 0.25) is 0 Å². The zero-order valence-corrected chi connectivity index (χ0v) is 20.5. The first-order chi connectivity index (χ1) is 15.1. The molecule has 1 fully saturated rings. The van der Waals surface area contributed by atoms with E-state index in [1.54, 1.807) is 0 Å². The number of nitrogens with one attached hydrogen (secondary N) is 1. The zero-order valence-electron chi connectivity index (χ0n) is 18.2. The molecular formula is C23H29F2IN4O2. The van der Waals surface area contributed by atoms with E-state index in [9.17, 15) is 8.78 Å². The van der Waals surface area contributed by atoms with Crippen LogP contribution in [0.25, 0.3) is 0 Å². The first-order valence-corrected chi connectivity index (χ1v) is 10.7. The van der Waals surface area contributed by atoms with Gasteiger partial charge in [0.15, 0.2) is 12.8 Å². The van der Waals surface area contributed by atoms with Gasteiger partial charge in [0.1, 0.15) is 17.4 Å². The van der Waals surface area contributed by atoms with E-state index >= 15 is 0 Å². The normalized spacial score (nSPS) is 16.2. The quantitative estimate of drug-likeness (QED) is 0.344. The second-order valence-electron chi connectivity index (χ2n) is 7.60. The fraction of sp³-hybridized carbons (Fsp3) is 0.435. The van der Waals surface area contributed by atoms with E-state index in [1.807, 2.05) is 19.1 Å². The SMILES string of the molecule is CCNC(=NCCc1cc(F)cc2c1OCOC2)N1CCN(c2ccc(F)cc2)CC1.I. The Morgan fingerprint density at radius 3 is 2.53 bits per heavy atom. The Morgan fingerprint density at radius 2 is 1.81 bits per heavy atom. The molecule has 174 valence electrons. The van der Waals surface area contributed by atoms with Crippen LogP contribution in [0.2, 0.25) is 0 Å². The lowest BCUT2D eigenvalue weighted by atomic mass is 10.1. The Kier molecular flexibility index (Phi) is 8.92. The summed E-state index contributed by atoms with van der Waals surface area (Å²) in [5.41, 5.74) is 2.59. The number of aliphatic imine (C=N–C) groups is 1. The van der Waals surface area contributed by atoms with Gasteiger partial charge in [0.05, 0.1) is 6.61 Å². The molecule has 0 saturated carbocycles. The smallest absolute Gasteiger partial charge is 0.194 e. The molecule has 0 spiro atoms. The van der Waals surface area contributed by atoms with E-state index < -0.39 is 0 Å². The van der Waals surface area contributed by atoms with Crippen molar-refractivity contribution in [1.82, 2.24) is 10.2 Å². The molecule has 0 atom stereocenters. The summed E-state index contributed by atoms with van der Waals surface area (Å²) in [4.78, 5) is 9.25. The molecule has 2 aliphatic heterocycles. The Hall–Kier alpha value is -2.14. The number of benzene rings is 2. The van der Waals surface area contributed by atoms with E-state index in [1.165, 1.54) is 24.3 Å². The number of ether oxygens (including phenoxy) is 2. The number of nitrogens with zero attached hydrogens (tertiary/aromatic N) is 3. The lowest BCUT2D eigenvalue weighted by Gasteiger charge is -2.37. The first-order valence-electron chi connectivity index (χ1n) is 10.7. The molecular weight excluding hydrogens is 529 g/mol. The van der Waals surface area contributed by atoms with Crippen LogP contribution in [0.3, 0.4) is 0 Å². The van der Waals surface area contributed by atoms with Gasteiger partial charge in [0.25, 0.3) is 0 Å². The molecule has 0 radical (unpaired) electrons. The minimum atomic E-state index is -0.282. The molecule has 2 aromatic carbocycles. The highest BCUT2D eigenvalue weighted by Crippen LogP contribution is 2.29. The third-order valence-corrected chi connectivity index (χ3v) is 5.50. The van der Waals surface area contributed by atoms with Crippen molar-refractivity contribution in [2.45, 2.75) is 20.0 Å². The van der Waals surface area contributed by atoms with E-state index in [4.69, 9.17) is 14.5 Å². The maximum atomic E-state index is 14.0. The van der Waals surface area contributed by atoms with Crippen LogP contribution in [0, 0.1) is 11.6 Å². The average Bonchev–Trinajstić information content (AvgIpc) is 2.79. The summed E-state index contributed by atoms with van der Waals surface area (Å²) >= 11 is 0. The second-order valence-corrected chi connectivity index (χ2v) is 7.60. The molecule has 0 aromatic heterocycles. The molecule has 9 heteroatoms. The van der Waals surface area contributed by atoms with E-state index in [-0.39, 0.29) is 42.4 Å². The molecule has 0 unspecified atom stereocenters. The van der Waals surface area contributed by atoms with Crippen LogP contribution in [-0.2, 0) is 17.8 Å². The predicted octanol–water partition coefficient (Wildman–Crippen LogP) is 3.78. The second kappa shape index (κ2) is 11.6. The largest absolute Gasteiger partial charge is 0.467 e. The fourth-order valence-electron chi connectivity index (χ4n) is 3.98. The van der Waals surface area contributed by atoms with Crippen molar-refractivity contribution in [2.75, 3.05) is 51.0 Å². The van der Waals surface area contributed by atoms with Gasteiger partial charge in [-0.05, 0) is 55.3 Å². The van der Waals surface area contributed by atoms with Gasteiger partial charge >= 0.3 is 0 Å². The molecule has 2 aliphatic rings. The topological polar surface area (TPSA) is 49.3 Å². The Bertz CT molecular complexity index is 919. The summed E-state index contributed by atoms with van der Waals surface area (Å²) in [7, 11) is 0. The fourth-order valence-corrected chi connectivity index (χ4v) is 3.98. The number of guanidine groups is 1. The summed E-state index contributed by atoms with van der Waals surface area (Å²) in [6.07, 6.45) is 0.588. The van der Waals surface area contributed by atoms with E-state index in [0.29, 0.717) is 19.6 Å². The Labute approximate surface area is 204 Å². The van der Waals surface area contributed by atoms with Crippen molar-refractivity contribution in [3.8, 4) is 5.75 Å². The maximum Gasteiger partial charge on any atom is 0.194 e. The number of hydrogen-bond acceptors (Lipinski definition) is 4. The van der Waals surface area contributed by atoms with Crippen molar-refractivity contribution in [2.24, 2.45) is 4.99 Å². The minimum Gasteiger partial charge on any atom is -0.467 e. The summed E-state index contributed by atoms with van der Waals surface area (Å²) in [6, 6.07) is 9.61.